The van der Waals surface area contributed by atoms with Crippen molar-refractivity contribution < 1.29 is 4.79 Å². The first-order valence-electron chi connectivity index (χ1n) is 8.58. The molecule has 2 fully saturated rings. The highest BCUT2D eigenvalue weighted by Gasteiger charge is 2.38. The number of hydrogen-bond acceptors (Lipinski definition) is 2. The predicted octanol–water partition coefficient (Wildman–Crippen LogP) is 3.01. The molecule has 2 aliphatic rings. The molecule has 0 atom stereocenters. The van der Waals surface area contributed by atoms with E-state index >= 15 is 0 Å². The quantitative estimate of drug-likeness (QED) is 0.929. The number of nitrogens with two attached hydrogens (primary N) is 1. The smallest absolute Gasteiger partial charge is 0.232 e. The van der Waals surface area contributed by atoms with E-state index in [4.69, 9.17) is 5.73 Å². The molecule has 1 aliphatic carbocycles. The van der Waals surface area contributed by atoms with Crippen molar-refractivity contribution in [2.24, 2.45) is 5.73 Å². The minimum absolute atomic E-state index is 0.0423. The molecule has 0 aromatic heterocycles. The van der Waals surface area contributed by atoms with E-state index < -0.39 is 5.41 Å². The molecule has 0 bridgehead atoms. The molecule has 0 spiro atoms. The van der Waals surface area contributed by atoms with Gasteiger partial charge >= 0.3 is 0 Å². The van der Waals surface area contributed by atoms with Crippen molar-refractivity contribution in [3.8, 4) is 0 Å². The zero-order valence-electron chi connectivity index (χ0n) is 13.9. The first-order valence-corrected chi connectivity index (χ1v) is 8.58. The second-order valence-corrected chi connectivity index (χ2v) is 7.71. The van der Waals surface area contributed by atoms with Crippen molar-refractivity contribution >= 4 is 5.91 Å². The third-order valence-electron chi connectivity index (χ3n) is 5.30. The molecule has 22 heavy (non-hydrogen) atoms. The van der Waals surface area contributed by atoms with Gasteiger partial charge in [-0.1, -0.05) is 24.3 Å². The maximum Gasteiger partial charge on any atom is 0.232 e. The van der Waals surface area contributed by atoms with E-state index in [-0.39, 0.29) is 11.4 Å². The van der Waals surface area contributed by atoms with Gasteiger partial charge in [0, 0.05) is 18.6 Å². The molecule has 2 N–H and O–H groups in total. The molecular formula is C19H28N2O. The van der Waals surface area contributed by atoms with Gasteiger partial charge in [0.05, 0.1) is 5.41 Å². The molecule has 0 unspecified atom stereocenters. The Hall–Kier alpha value is -1.35. The number of nitrogens with zero attached hydrogens (tertiary/aromatic N) is 1. The van der Waals surface area contributed by atoms with Crippen LogP contribution in [0.2, 0.25) is 0 Å². The molecule has 0 radical (unpaired) electrons. The summed E-state index contributed by atoms with van der Waals surface area (Å²) in [6.45, 7) is 5.92. The average Bonchev–Trinajstić information content (AvgIpc) is 3.25. The lowest BCUT2D eigenvalue weighted by Gasteiger charge is -2.34. The molecule has 3 rings (SSSR count). The summed E-state index contributed by atoms with van der Waals surface area (Å²) in [5.74, 6) is 0.262. The summed E-state index contributed by atoms with van der Waals surface area (Å²) in [4.78, 5) is 14.9. The highest BCUT2D eigenvalue weighted by atomic mass is 16.2. The summed E-state index contributed by atoms with van der Waals surface area (Å²) in [5, 5.41) is 0. The number of carbonyl (C=O) groups is 1. The van der Waals surface area contributed by atoms with Crippen LogP contribution in [-0.2, 0) is 16.6 Å². The Morgan fingerprint density at radius 1 is 1.14 bits per heavy atom. The zero-order valence-corrected chi connectivity index (χ0v) is 13.9. The van der Waals surface area contributed by atoms with Gasteiger partial charge in [0.25, 0.3) is 0 Å². The van der Waals surface area contributed by atoms with Crippen LogP contribution in [0.25, 0.3) is 0 Å². The number of benzene rings is 1. The summed E-state index contributed by atoms with van der Waals surface area (Å²) in [6.07, 6.45) is 6.74. The van der Waals surface area contributed by atoms with E-state index in [1.807, 2.05) is 18.7 Å². The van der Waals surface area contributed by atoms with E-state index in [1.54, 1.807) is 0 Å². The van der Waals surface area contributed by atoms with Crippen molar-refractivity contribution in [2.75, 3.05) is 13.1 Å². The Morgan fingerprint density at radius 2 is 1.73 bits per heavy atom. The number of hydrogen-bond donors (Lipinski definition) is 1. The van der Waals surface area contributed by atoms with Crippen molar-refractivity contribution in [3.05, 3.63) is 35.4 Å². The van der Waals surface area contributed by atoms with Gasteiger partial charge in [-0.3, -0.25) is 4.79 Å². The standard InChI is InChI=1S/C19H28N2O/c1-18(2,17(22)21-12-4-3-5-13-21)16-8-6-15(7-9-16)14-19(20)10-11-19/h6-9H,3-5,10-14,20H2,1-2H3. The number of amides is 1. The zero-order chi connectivity index (χ0) is 15.8. The van der Waals surface area contributed by atoms with Gasteiger partial charge in [-0.2, -0.15) is 0 Å². The molecule has 3 nitrogen and oxygen atoms in total. The van der Waals surface area contributed by atoms with Gasteiger partial charge in [0.1, 0.15) is 0 Å². The van der Waals surface area contributed by atoms with Crippen LogP contribution < -0.4 is 5.73 Å². The van der Waals surface area contributed by atoms with Crippen molar-refractivity contribution in [3.63, 3.8) is 0 Å². The van der Waals surface area contributed by atoms with Gasteiger partial charge in [0.2, 0.25) is 5.91 Å². The molecule has 1 aromatic carbocycles. The van der Waals surface area contributed by atoms with Crippen LogP contribution >= 0.6 is 0 Å². The topological polar surface area (TPSA) is 46.3 Å². The summed E-state index contributed by atoms with van der Waals surface area (Å²) >= 11 is 0. The van der Waals surface area contributed by atoms with E-state index in [9.17, 15) is 4.79 Å². The monoisotopic (exact) mass is 300 g/mol. The van der Waals surface area contributed by atoms with Crippen LogP contribution in [0.5, 0.6) is 0 Å². The Bertz CT molecular complexity index is 537. The fourth-order valence-electron chi connectivity index (χ4n) is 3.40. The third kappa shape index (κ3) is 3.19. The van der Waals surface area contributed by atoms with Crippen LogP contribution in [-0.4, -0.2) is 29.4 Å². The van der Waals surface area contributed by atoms with Gasteiger partial charge in [-0.15, -0.1) is 0 Å². The molecular weight excluding hydrogens is 272 g/mol. The van der Waals surface area contributed by atoms with Gasteiger partial charge in [-0.25, -0.2) is 0 Å². The van der Waals surface area contributed by atoms with Gasteiger partial charge in [-0.05, 0) is 63.5 Å². The summed E-state index contributed by atoms with van der Waals surface area (Å²) in [7, 11) is 0. The van der Waals surface area contributed by atoms with E-state index in [1.165, 1.54) is 12.0 Å². The average molecular weight is 300 g/mol. The number of rotatable bonds is 4. The lowest BCUT2D eigenvalue weighted by molar-refractivity contribution is -0.137. The molecule has 1 heterocycles. The summed E-state index contributed by atoms with van der Waals surface area (Å²) in [6, 6.07) is 8.52. The van der Waals surface area contributed by atoms with Crippen molar-refractivity contribution in [2.45, 2.75) is 63.3 Å². The molecule has 1 amide bonds. The first kappa shape index (κ1) is 15.5. The van der Waals surface area contributed by atoms with Crippen LogP contribution in [0.3, 0.4) is 0 Å². The Balaban J connectivity index is 1.71. The van der Waals surface area contributed by atoms with E-state index in [0.717, 1.165) is 50.8 Å². The summed E-state index contributed by atoms with van der Waals surface area (Å²) in [5.41, 5.74) is 8.17. The molecule has 1 saturated carbocycles. The second-order valence-electron chi connectivity index (χ2n) is 7.71. The highest BCUT2D eigenvalue weighted by molar-refractivity contribution is 5.87. The predicted molar refractivity (Wildman–Crippen MR) is 89.8 cm³/mol. The Kier molecular flexibility index (Phi) is 4.02. The minimum atomic E-state index is -0.449. The van der Waals surface area contributed by atoms with Gasteiger partial charge in [0.15, 0.2) is 0 Å². The van der Waals surface area contributed by atoms with Crippen molar-refractivity contribution in [1.29, 1.82) is 0 Å². The minimum Gasteiger partial charge on any atom is -0.342 e. The highest BCUT2D eigenvalue weighted by Crippen LogP contribution is 2.36. The second kappa shape index (κ2) is 5.69. The lowest BCUT2D eigenvalue weighted by Crippen LogP contribution is -2.45. The fraction of sp³-hybridized carbons (Fsp3) is 0.632. The number of piperidine rings is 1. The number of carbonyl (C=O) groups excluding carboxylic acids is 1. The normalized spacial score (nSPS) is 20.8. The first-order chi connectivity index (χ1) is 10.4. The van der Waals surface area contributed by atoms with E-state index in [2.05, 4.69) is 24.3 Å². The largest absolute Gasteiger partial charge is 0.342 e. The molecule has 120 valence electrons. The SMILES string of the molecule is CC(C)(C(=O)N1CCCCC1)c1ccc(CC2(N)CC2)cc1. The maximum atomic E-state index is 12.8. The third-order valence-corrected chi connectivity index (χ3v) is 5.30. The molecule has 1 aromatic rings. The van der Waals surface area contributed by atoms with Crippen molar-refractivity contribution in [1.82, 2.24) is 4.90 Å². The van der Waals surface area contributed by atoms with Crippen LogP contribution in [0.15, 0.2) is 24.3 Å². The number of likely N-dealkylation sites (tertiary alicyclic amines) is 1. The van der Waals surface area contributed by atoms with Gasteiger partial charge < -0.3 is 10.6 Å². The molecule has 1 saturated heterocycles. The molecule has 3 heteroatoms. The fourth-order valence-corrected chi connectivity index (χ4v) is 3.40. The maximum absolute atomic E-state index is 12.8. The Morgan fingerprint density at radius 3 is 2.27 bits per heavy atom. The van der Waals surface area contributed by atoms with Crippen LogP contribution in [0.1, 0.15) is 57.1 Å². The summed E-state index contributed by atoms with van der Waals surface area (Å²) < 4.78 is 0. The van der Waals surface area contributed by atoms with Crippen LogP contribution in [0.4, 0.5) is 0 Å². The Labute approximate surface area is 133 Å². The molecule has 1 aliphatic heterocycles. The van der Waals surface area contributed by atoms with E-state index in [0.29, 0.717) is 0 Å². The van der Waals surface area contributed by atoms with Crippen LogP contribution in [0, 0.1) is 0 Å². The lowest BCUT2D eigenvalue weighted by atomic mass is 9.82.